The summed E-state index contributed by atoms with van der Waals surface area (Å²) in [5.74, 6) is -4.04. The van der Waals surface area contributed by atoms with Gasteiger partial charge in [-0.2, -0.15) is 13.8 Å². The Hall–Kier alpha value is -2.79. The van der Waals surface area contributed by atoms with Crippen molar-refractivity contribution in [1.82, 2.24) is 14.1 Å². The van der Waals surface area contributed by atoms with E-state index in [4.69, 9.17) is 0 Å². The van der Waals surface area contributed by atoms with Crippen LogP contribution in [0.2, 0.25) is 0 Å². The van der Waals surface area contributed by atoms with Crippen molar-refractivity contribution in [3.63, 3.8) is 0 Å². The van der Waals surface area contributed by atoms with Crippen LogP contribution in [0.4, 0.5) is 18.9 Å². The van der Waals surface area contributed by atoms with Gasteiger partial charge in [-0.25, -0.2) is 21.9 Å². The van der Waals surface area contributed by atoms with E-state index in [-0.39, 0.29) is 18.8 Å². The molecule has 11 heteroatoms. The van der Waals surface area contributed by atoms with Crippen LogP contribution in [-0.4, -0.2) is 60.0 Å². The fourth-order valence-electron chi connectivity index (χ4n) is 3.43. The second-order valence-corrected chi connectivity index (χ2v) is 8.81. The molecule has 0 aliphatic carbocycles. The Morgan fingerprint density at radius 3 is 2.31 bits per heavy atom. The third-order valence-electron chi connectivity index (χ3n) is 4.92. The van der Waals surface area contributed by atoms with Gasteiger partial charge in [0.15, 0.2) is 17.4 Å². The molecule has 0 spiro atoms. The number of anilines is 1. The lowest BCUT2D eigenvalue weighted by Gasteiger charge is -2.34. The molecule has 0 amide bonds. The predicted octanol–water partition coefficient (Wildman–Crippen LogP) is 2.23. The van der Waals surface area contributed by atoms with Crippen molar-refractivity contribution in [1.29, 1.82) is 0 Å². The number of piperazine rings is 1. The zero-order valence-electron chi connectivity index (χ0n) is 15.3. The molecule has 4 rings (SSSR count). The van der Waals surface area contributed by atoms with Gasteiger partial charge in [0.1, 0.15) is 5.82 Å². The Morgan fingerprint density at radius 1 is 1.00 bits per heavy atom. The molecule has 154 valence electrons. The van der Waals surface area contributed by atoms with E-state index in [1.54, 1.807) is 11.0 Å². The number of aromatic hydroxyl groups is 1. The molecule has 1 aromatic heterocycles. The van der Waals surface area contributed by atoms with E-state index in [0.29, 0.717) is 29.7 Å². The first-order valence-corrected chi connectivity index (χ1v) is 10.6. The summed E-state index contributed by atoms with van der Waals surface area (Å²) >= 11 is 0. The third-order valence-corrected chi connectivity index (χ3v) is 6.23. The van der Waals surface area contributed by atoms with Gasteiger partial charge in [0.25, 0.3) is 0 Å². The van der Waals surface area contributed by atoms with E-state index in [0.717, 1.165) is 18.4 Å². The molecule has 2 aromatic carbocycles. The molecule has 1 fully saturated rings. The van der Waals surface area contributed by atoms with Gasteiger partial charge in [0.2, 0.25) is 10.0 Å². The van der Waals surface area contributed by atoms with Gasteiger partial charge in [-0.1, -0.05) is 0 Å². The molecule has 3 aromatic rings. The van der Waals surface area contributed by atoms with Crippen molar-refractivity contribution < 1.29 is 26.7 Å². The lowest BCUT2D eigenvalue weighted by Crippen LogP contribution is -2.48. The van der Waals surface area contributed by atoms with Crippen molar-refractivity contribution in [2.75, 3.05) is 37.3 Å². The Bertz CT molecular complexity index is 1180. The maximum absolute atomic E-state index is 14.8. The topological polar surface area (TPSA) is 78.7 Å². The number of halogens is 3. The molecule has 2 heterocycles. The van der Waals surface area contributed by atoms with Gasteiger partial charge in [-0.15, -0.1) is 0 Å². The average Bonchev–Trinajstić information content (AvgIpc) is 3.07. The van der Waals surface area contributed by atoms with E-state index in [9.17, 15) is 26.7 Å². The number of fused-ring (bicyclic) bond motifs is 1. The molecule has 1 aliphatic rings. The number of hydrogen-bond donors (Lipinski definition) is 1. The van der Waals surface area contributed by atoms with Gasteiger partial charge < -0.3 is 10.0 Å². The zero-order chi connectivity index (χ0) is 20.9. The molecule has 0 radical (unpaired) electrons. The molecular formula is C18H17F3N4O3S. The predicted molar refractivity (Wildman–Crippen MR) is 101 cm³/mol. The van der Waals surface area contributed by atoms with Crippen LogP contribution >= 0.6 is 0 Å². The van der Waals surface area contributed by atoms with Gasteiger partial charge in [0.05, 0.1) is 29.3 Å². The first kappa shape index (κ1) is 19.5. The highest BCUT2D eigenvalue weighted by molar-refractivity contribution is 7.88. The highest BCUT2D eigenvalue weighted by Crippen LogP contribution is 2.30. The number of aromatic nitrogens is 2. The van der Waals surface area contributed by atoms with E-state index >= 15 is 0 Å². The van der Waals surface area contributed by atoms with E-state index in [2.05, 4.69) is 5.10 Å². The fraction of sp³-hybridized carbons (Fsp3) is 0.278. The van der Waals surface area contributed by atoms with E-state index in [1.807, 2.05) is 0 Å². The van der Waals surface area contributed by atoms with Gasteiger partial charge in [0, 0.05) is 49.8 Å². The minimum absolute atomic E-state index is 0.0466. The van der Waals surface area contributed by atoms with Crippen LogP contribution in [0.5, 0.6) is 5.75 Å². The maximum Gasteiger partial charge on any atom is 0.211 e. The monoisotopic (exact) mass is 426 g/mol. The number of hydrogen-bond acceptors (Lipinski definition) is 5. The van der Waals surface area contributed by atoms with Crippen LogP contribution in [0, 0.1) is 17.5 Å². The van der Waals surface area contributed by atoms with Gasteiger partial charge >= 0.3 is 0 Å². The molecule has 0 unspecified atom stereocenters. The third kappa shape index (κ3) is 3.51. The SMILES string of the molecule is CS(=O)(=O)N1CCN(c2cc3cnn(-c4cc(O)c(F)c(F)c4)c3cc2F)CC1. The van der Waals surface area contributed by atoms with E-state index < -0.39 is 33.2 Å². The summed E-state index contributed by atoms with van der Waals surface area (Å²) in [6.45, 7) is 1.18. The van der Waals surface area contributed by atoms with Gasteiger partial charge in [-0.3, -0.25) is 0 Å². The summed E-state index contributed by atoms with van der Waals surface area (Å²) in [5.41, 5.74) is 0.662. The maximum atomic E-state index is 14.8. The normalized spacial score (nSPS) is 15.9. The number of nitrogens with zero attached hydrogens (tertiary/aromatic N) is 4. The second-order valence-electron chi connectivity index (χ2n) is 6.83. The first-order chi connectivity index (χ1) is 13.6. The lowest BCUT2D eigenvalue weighted by molar-refractivity contribution is 0.386. The minimum atomic E-state index is -3.29. The van der Waals surface area contributed by atoms with Crippen molar-refractivity contribution in [3.8, 4) is 11.4 Å². The van der Waals surface area contributed by atoms with Crippen molar-refractivity contribution >= 4 is 26.6 Å². The van der Waals surface area contributed by atoms with Crippen LogP contribution < -0.4 is 4.90 Å². The van der Waals surface area contributed by atoms with Crippen LogP contribution in [0.25, 0.3) is 16.6 Å². The Balaban J connectivity index is 1.68. The van der Waals surface area contributed by atoms with Crippen LogP contribution in [0.15, 0.2) is 30.5 Å². The number of phenolic OH excluding ortho intramolecular Hbond substituents is 1. The second kappa shape index (κ2) is 6.92. The van der Waals surface area contributed by atoms with Crippen LogP contribution in [0.3, 0.4) is 0 Å². The molecule has 0 atom stereocenters. The number of rotatable bonds is 3. The largest absolute Gasteiger partial charge is 0.505 e. The zero-order valence-corrected chi connectivity index (χ0v) is 16.1. The molecule has 29 heavy (non-hydrogen) atoms. The fourth-order valence-corrected chi connectivity index (χ4v) is 4.25. The molecule has 1 saturated heterocycles. The quantitative estimate of drug-likeness (QED) is 0.695. The van der Waals surface area contributed by atoms with Gasteiger partial charge in [-0.05, 0) is 6.07 Å². The molecule has 1 N–H and O–H groups in total. The summed E-state index contributed by atoms with van der Waals surface area (Å²) in [7, 11) is -3.29. The molecule has 1 aliphatic heterocycles. The number of phenols is 1. The smallest absolute Gasteiger partial charge is 0.211 e. The first-order valence-electron chi connectivity index (χ1n) is 8.71. The Kier molecular flexibility index (Phi) is 4.66. The lowest BCUT2D eigenvalue weighted by atomic mass is 10.2. The standard InChI is InChI=1S/C18H17F3N4O3S/c1-29(27,28)24-4-2-23(3-5-24)16-6-11-10-22-25(15(11)9-13(16)19)12-7-14(20)18(21)17(26)8-12/h6-10,26H,2-5H2,1H3. The highest BCUT2D eigenvalue weighted by Gasteiger charge is 2.25. The van der Waals surface area contributed by atoms with Crippen LogP contribution in [0.1, 0.15) is 0 Å². The highest BCUT2D eigenvalue weighted by atomic mass is 32.2. The molecule has 0 saturated carbocycles. The molecule has 7 nitrogen and oxygen atoms in total. The van der Waals surface area contributed by atoms with Crippen molar-refractivity contribution in [2.45, 2.75) is 0 Å². The summed E-state index contributed by atoms with van der Waals surface area (Å²) < 4.78 is 67.6. The molecular weight excluding hydrogens is 409 g/mol. The summed E-state index contributed by atoms with van der Waals surface area (Å²) in [6, 6.07) is 4.65. The minimum Gasteiger partial charge on any atom is -0.505 e. The molecule has 0 bridgehead atoms. The summed E-state index contributed by atoms with van der Waals surface area (Å²) in [5, 5.41) is 14.2. The number of sulfonamides is 1. The van der Waals surface area contributed by atoms with E-state index in [1.165, 1.54) is 21.3 Å². The summed E-state index contributed by atoms with van der Waals surface area (Å²) in [6.07, 6.45) is 2.59. The number of benzene rings is 2. The van der Waals surface area contributed by atoms with Crippen molar-refractivity contribution in [2.24, 2.45) is 0 Å². The average molecular weight is 426 g/mol. The Morgan fingerprint density at radius 2 is 1.69 bits per heavy atom. The Labute approximate surface area is 164 Å². The summed E-state index contributed by atoms with van der Waals surface area (Å²) in [4.78, 5) is 1.75. The van der Waals surface area contributed by atoms with Crippen LogP contribution in [-0.2, 0) is 10.0 Å². The van der Waals surface area contributed by atoms with Crippen molar-refractivity contribution in [3.05, 3.63) is 47.9 Å².